The number of esters is 1. The summed E-state index contributed by atoms with van der Waals surface area (Å²) in [6.45, 7) is 6.15. The maximum absolute atomic E-state index is 11.3. The van der Waals surface area contributed by atoms with E-state index in [0.717, 1.165) is 12.8 Å². The third-order valence-electron chi connectivity index (χ3n) is 4.35. The first kappa shape index (κ1) is 26.1. The molecular weight excluding hydrogens is 350 g/mol. The van der Waals surface area contributed by atoms with Crippen molar-refractivity contribution < 1.29 is 29.0 Å². The Labute approximate surface area is 164 Å². The quantitative estimate of drug-likeness (QED) is 0.109. The van der Waals surface area contributed by atoms with Gasteiger partial charge < -0.3 is 4.74 Å². The van der Waals surface area contributed by atoms with Crippen molar-refractivity contribution in [1.29, 1.82) is 0 Å². The molecule has 0 N–H and O–H groups in total. The van der Waals surface area contributed by atoms with Crippen molar-refractivity contribution in [3.63, 3.8) is 0 Å². The monoisotopic (exact) mass is 388 g/mol. The molecule has 0 aliphatic carbocycles. The van der Waals surface area contributed by atoms with Crippen molar-refractivity contribution >= 4 is 5.97 Å². The first-order valence-electron chi connectivity index (χ1n) is 10.1. The number of carbonyl (C=O) groups excluding carboxylic acids is 1. The molecule has 24 heavy (non-hydrogen) atoms. The largest absolute Gasteiger partial charge is 0.461 e. The molecule has 0 aromatic heterocycles. The summed E-state index contributed by atoms with van der Waals surface area (Å²) in [4.78, 5) is 11.3. The van der Waals surface area contributed by atoms with E-state index >= 15 is 0 Å². The van der Waals surface area contributed by atoms with Crippen LogP contribution in [0.25, 0.3) is 0 Å². The van der Waals surface area contributed by atoms with Gasteiger partial charge in [0.05, 0.1) is 0 Å². The van der Waals surface area contributed by atoms with Crippen LogP contribution in [0, 0.1) is 0 Å². The predicted molar refractivity (Wildman–Crippen MR) is 101 cm³/mol. The van der Waals surface area contributed by atoms with E-state index in [1.54, 1.807) is 6.08 Å². The van der Waals surface area contributed by atoms with Crippen molar-refractivity contribution in [2.75, 3.05) is 6.61 Å². The van der Waals surface area contributed by atoms with E-state index in [0.29, 0.717) is 13.0 Å². The van der Waals surface area contributed by atoms with Crippen LogP contribution in [-0.2, 0) is 29.0 Å². The van der Waals surface area contributed by atoms with E-state index in [1.165, 1.54) is 83.5 Å². The van der Waals surface area contributed by atoms with Gasteiger partial charge in [0.25, 0.3) is 0 Å². The molecule has 0 aromatic carbocycles. The summed E-state index contributed by atoms with van der Waals surface area (Å²) in [6.07, 6.45) is 22.4. The second-order valence-electron chi connectivity index (χ2n) is 6.67. The standard InChI is InChI=1S/C21H40O2.Zn/c1-3-5-6-7-8-9-10-11-12-13-14-15-16-17-18-19-21(22)23-20-4-2;/h4H,2-3,5-20H2,1H3;. The minimum Gasteiger partial charge on any atom is -0.461 e. The Hall–Kier alpha value is -0.167. The van der Waals surface area contributed by atoms with Gasteiger partial charge in [-0.2, -0.15) is 0 Å². The Morgan fingerprint density at radius 2 is 1.12 bits per heavy atom. The van der Waals surface area contributed by atoms with E-state index in [-0.39, 0.29) is 25.4 Å². The summed E-state index contributed by atoms with van der Waals surface area (Å²) in [5.41, 5.74) is 0. The van der Waals surface area contributed by atoms with E-state index < -0.39 is 0 Å². The first-order valence-corrected chi connectivity index (χ1v) is 10.1. The van der Waals surface area contributed by atoms with E-state index in [2.05, 4.69) is 13.5 Å². The van der Waals surface area contributed by atoms with Crippen LogP contribution in [0.2, 0.25) is 0 Å². The van der Waals surface area contributed by atoms with Gasteiger partial charge in [-0.05, 0) is 6.42 Å². The van der Waals surface area contributed by atoms with Gasteiger partial charge in [-0.1, -0.05) is 109 Å². The minimum atomic E-state index is -0.0837. The van der Waals surface area contributed by atoms with Crippen molar-refractivity contribution in [2.24, 2.45) is 0 Å². The van der Waals surface area contributed by atoms with Crippen LogP contribution in [0.15, 0.2) is 12.7 Å². The summed E-state index contributed by atoms with van der Waals surface area (Å²) in [7, 11) is 0. The van der Waals surface area contributed by atoms with Crippen molar-refractivity contribution in [1.82, 2.24) is 0 Å². The summed E-state index contributed by atoms with van der Waals surface area (Å²) < 4.78 is 4.95. The molecule has 0 saturated heterocycles. The van der Waals surface area contributed by atoms with Gasteiger partial charge in [0.1, 0.15) is 6.61 Å². The molecule has 3 heteroatoms. The number of ether oxygens (including phenoxy) is 1. The fourth-order valence-electron chi connectivity index (χ4n) is 2.86. The van der Waals surface area contributed by atoms with Crippen LogP contribution >= 0.6 is 0 Å². The maximum Gasteiger partial charge on any atom is 0.306 e. The van der Waals surface area contributed by atoms with Gasteiger partial charge >= 0.3 is 5.97 Å². The molecule has 0 atom stereocenters. The molecule has 0 heterocycles. The molecule has 0 spiro atoms. The van der Waals surface area contributed by atoms with Crippen LogP contribution in [0.3, 0.4) is 0 Å². The zero-order chi connectivity index (χ0) is 17.0. The smallest absolute Gasteiger partial charge is 0.306 e. The number of hydrogen-bond acceptors (Lipinski definition) is 2. The second kappa shape index (κ2) is 22.8. The second-order valence-corrected chi connectivity index (χ2v) is 6.67. The molecule has 2 nitrogen and oxygen atoms in total. The summed E-state index contributed by atoms with van der Waals surface area (Å²) in [5.74, 6) is -0.0837. The van der Waals surface area contributed by atoms with Gasteiger partial charge in [0.15, 0.2) is 0 Å². The van der Waals surface area contributed by atoms with Gasteiger partial charge in [0, 0.05) is 25.9 Å². The van der Waals surface area contributed by atoms with Crippen molar-refractivity contribution in [3.05, 3.63) is 12.7 Å². The average molecular weight is 390 g/mol. The van der Waals surface area contributed by atoms with Gasteiger partial charge in [0.2, 0.25) is 0 Å². The fraction of sp³-hybridized carbons (Fsp3) is 0.857. The number of unbranched alkanes of at least 4 members (excludes halogenated alkanes) is 14. The molecule has 0 aromatic rings. The molecule has 0 fully saturated rings. The number of carbonyl (C=O) groups is 1. The maximum atomic E-state index is 11.3. The van der Waals surface area contributed by atoms with Gasteiger partial charge in [-0.3, -0.25) is 4.79 Å². The Morgan fingerprint density at radius 3 is 1.50 bits per heavy atom. The first-order chi connectivity index (χ1) is 11.3. The molecule has 0 rings (SSSR count). The Bertz CT molecular complexity index is 267. The van der Waals surface area contributed by atoms with Crippen LogP contribution < -0.4 is 0 Å². The zero-order valence-electron chi connectivity index (χ0n) is 16.3. The molecule has 0 saturated carbocycles. The van der Waals surface area contributed by atoms with Crippen LogP contribution in [0.5, 0.6) is 0 Å². The summed E-state index contributed by atoms with van der Waals surface area (Å²) in [6, 6.07) is 0. The molecule has 0 radical (unpaired) electrons. The third-order valence-corrected chi connectivity index (χ3v) is 4.35. The SMILES string of the molecule is C=CCOC(=O)CCCCCCCCCCCCCCCCC.[Zn]. The minimum absolute atomic E-state index is 0. The van der Waals surface area contributed by atoms with E-state index in [1.807, 2.05) is 0 Å². The van der Waals surface area contributed by atoms with Crippen molar-refractivity contribution in [3.8, 4) is 0 Å². The Balaban J connectivity index is 0. The average Bonchev–Trinajstić information content (AvgIpc) is 2.56. The fourth-order valence-corrected chi connectivity index (χ4v) is 2.86. The topological polar surface area (TPSA) is 26.3 Å². The van der Waals surface area contributed by atoms with Crippen LogP contribution in [0.4, 0.5) is 0 Å². The number of rotatable bonds is 18. The normalized spacial score (nSPS) is 10.2. The molecule has 0 amide bonds. The molecule has 138 valence electrons. The molecule has 0 bridgehead atoms. The Morgan fingerprint density at radius 1 is 0.750 bits per heavy atom. The third kappa shape index (κ3) is 21.8. The van der Waals surface area contributed by atoms with Gasteiger partial charge in [-0.25, -0.2) is 0 Å². The molecule has 0 aliphatic rings. The summed E-state index contributed by atoms with van der Waals surface area (Å²) in [5, 5.41) is 0. The molecule has 0 unspecified atom stereocenters. The summed E-state index contributed by atoms with van der Waals surface area (Å²) >= 11 is 0. The molecule has 0 aliphatic heterocycles. The van der Waals surface area contributed by atoms with E-state index in [4.69, 9.17) is 4.74 Å². The van der Waals surface area contributed by atoms with E-state index in [9.17, 15) is 4.79 Å². The van der Waals surface area contributed by atoms with Crippen molar-refractivity contribution in [2.45, 2.75) is 110 Å². The van der Waals surface area contributed by atoms with Gasteiger partial charge in [-0.15, -0.1) is 0 Å². The van der Waals surface area contributed by atoms with Crippen LogP contribution in [0.1, 0.15) is 110 Å². The molecular formula is C21H40O2Zn. The zero-order valence-corrected chi connectivity index (χ0v) is 19.3. The number of hydrogen-bond donors (Lipinski definition) is 0. The van der Waals surface area contributed by atoms with Crippen LogP contribution in [-0.4, -0.2) is 12.6 Å². The predicted octanol–water partition coefficient (Wildman–Crippen LogP) is 6.97. The Kier molecular flexibility index (Phi) is 24.8.